The van der Waals surface area contributed by atoms with Crippen LogP contribution in [0, 0.1) is 11.8 Å². The third-order valence-corrected chi connectivity index (χ3v) is 4.73. The van der Waals surface area contributed by atoms with Crippen LogP contribution in [-0.2, 0) is 5.41 Å². The second kappa shape index (κ2) is 6.03. The molecule has 0 aliphatic heterocycles. The maximum atomic E-state index is 9.93. The Labute approximate surface area is 136 Å². The summed E-state index contributed by atoms with van der Waals surface area (Å²) in [5.41, 5.74) is 1.21. The summed E-state index contributed by atoms with van der Waals surface area (Å²) in [5.74, 6) is -0.370. The van der Waals surface area contributed by atoms with Crippen LogP contribution in [0.2, 0.25) is 0 Å². The molecule has 0 aliphatic rings. The number of phenols is 4. The summed E-state index contributed by atoms with van der Waals surface area (Å²) < 4.78 is 0. The summed E-state index contributed by atoms with van der Waals surface area (Å²) in [5, 5.41) is 39.1. The van der Waals surface area contributed by atoms with Gasteiger partial charge >= 0.3 is 0 Å². The van der Waals surface area contributed by atoms with Crippen LogP contribution in [0.5, 0.6) is 23.0 Å². The molecule has 0 aromatic heterocycles. The first kappa shape index (κ1) is 17.0. The highest BCUT2D eigenvalue weighted by molar-refractivity contribution is 5.51. The Morgan fingerprint density at radius 3 is 1.22 bits per heavy atom. The average molecular weight is 316 g/mol. The van der Waals surface area contributed by atoms with Crippen molar-refractivity contribution < 1.29 is 20.4 Å². The van der Waals surface area contributed by atoms with Crippen LogP contribution in [-0.4, -0.2) is 20.4 Å². The molecule has 0 saturated heterocycles. The molecule has 0 heterocycles. The van der Waals surface area contributed by atoms with Crippen LogP contribution in [0.4, 0.5) is 0 Å². The number of aromatic hydroxyl groups is 4. The maximum Gasteiger partial charge on any atom is 0.157 e. The van der Waals surface area contributed by atoms with E-state index in [4.69, 9.17) is 0 Å². The summed E-state index contributed by atoms with van der Waals surface area (Å²) in [7, 11) is 0. The molecule has 23 heavy (non-hydrogen) atoms. The van der Waals surface area contributed by atoms with Gasteiger partial charge in [-0.15, -0.1) is 0 Å². The Balaban J connectivity index is 2.78. The molecule has 0 spiro atoms. The van der Waals surface area contributed by atoms with E-state index in [0.717, 1.165) is 11.1 Å². The van der Waals surface area contributed by atoms with Gasteiger partial charge in [-0.2, -0.15) is 0 Å². The summed E-state index contributed by atoms with van der Waals surface area (Å²) in [6, 6.07) is 9.67. The molecule has 0 saturated carbocycles. The smallest absolute Gasteiger partial charge is 0.157 e. The van der Waals surface area contributed by atoms with Gasteiger partial charge in [0.15, 0.2) is 23.0 Å². The van der Waals surface area contributed by atoms with Gasteiger partial charge in [-0.05, 0) is 47.2 Å². The Hall–Kier alpha value is -2.36. The van der Waals surface area contributed by atoms with Crippen molar-refractivity contribution >= 4 is 0 Å². The molecule has 0 unspecified atom stereocenters. The van der Waals surface area contributed by atoms with Crippen molar-refractivity contribution in [2.24, 2.45) is 11.8 Å². The largest absolute Gasteiger partial charge is 0.504 e. The third-order valence-electron chi connectivity index (χ3n) is 4.73. The minimum absolute atomic E-state index is 0.149. The first-order chi connectivity index (χ1) is 10.7. The lowest BCUT2D eigenvalue weighted by molar-refractivity contribution is 0.270. The van der Waals surface area contributed by atoms with E-state index in [0.29, 0.717) is 0 Å². The van der Waals surface area contributed by atoms with Gasteiger partial charge in [0.1, 0.15) is 0 Å². The van der Waals surface area contributed by atoms with Gasteiger partial charge in [0.25, 0.3) is 0 Å². The summed E-state index contributed by atoms with van der Waals surface area (Å²) in [4.78, 5) is 0. The Morgan fingerprint density at radius 1 is 0.609 bits per heavy atom. The summed E-state index contributed by atoms with van der Waals surface area (Å²) in [6.07, 6.45) is 0. The van der Waals surface area contributed by atoms with Crippen LogP contribution < -0.4 is 0 Å². The van der Waals surface area contributed by atoms with E-state index in [1.165, 1.54) is 12.1 Å². The van der Waals surface area contributed by atoms with E-state index in [2.05, 4.69) is 27.7 Å². The van der Waals surface area contributed by atoms with Gasteiger partial charge in [0.2, 0.25) is 0 Å². The monoisotopic (exact) mass is 316 g/mol. The molecule has 0 bridgehead atoms. The number of phenolic OH excluding ortho intramolecular Hbond substituents is 4. The van der Waals surface area contributed by atoms with Crippen molar-refractivity contribution in [3.05, 3.63) is 47.5 Å². The second-order valence-electron chi connectivity index (χ2n) is 6.59. The predicted octanol–water partition coefficient (Wildman–Crippen LogP) is 4.11. The van der Waals surface area contributed by atoms with Gasteiger partial charge in [-0.1, -0.05) is 39.8 Å². The molecular weight excluding hydrogens is 292 g/mol. The number of hydrogen-bond acceptors (Lipinski definition) is 4. The lowest BCUT2D eigenvalue weighted by atomic mass is 9.60. The van der Waals surface area contributed by atoms with Crippen LogP contribution in [0.15, 0.2) is 36.4 Å². The molecule has 124 valence electrons. The first-order valence-corrected chi connectivity index (χ1v) is 7.76. The van der Waals surface area contributed by atoms with Gasteiger partial charge in [-0.25, -0.2) is 0 Å². The lowest BCUT2D eigenvalue weighted by Crippen LogP contribution is -2.39. The third kappa shape index (κ3) is 2.69. The SMILES string of the molecule is CC(C)C(c1ccc(O)c(O)c1)(c1ccc(O)c(O)c1)C(C)C. The van der Waals surface area contributed by atoms with E-state index in [1.807, 2.05) is 0 Å². The van der Waals surface area contributed by atoms with Crippen molar-refractivity contribution in [3.63, 3.8) is 0 Å². The molecule has 0 fully saturated rings. The van der Waals surface area contributed by atoms with Gasteiger partial charge in [0, 0.05) is 5.41 Å². The first-order valence-electron chi connectivity index (χ1n) is 7.76. The molecule has 2 aromatic carbocycles. The molecule has 4 nitrogen and oxygen atoms in total. The highest BCUT2D eigenvalue weighted by Gasteiger charge is 2.41. The van der Waals surface area contributed by atoms with Gasteiger partial charge in [-0.3, -0.25) is 0 Å². The van der Waals surface area contributed by atoms with Crippen molar-refractivity contribution in [2.45, 2.75) is 33.1 Å². The fourth-order valence-corrected chi connectivity index (χ4v) is 3.73. The van der Waals surface area contributed by atoms with Crippen LogP contribution in [0.3, 0.4) is 0 Å². The van der Waals surface area contributed by atoms with Crippen LogP contribution in [0.1, 0.15) is 38.8 Å². The molecule has 2 aromatic rings. The van der Waals surface area contributed by atoms with Gasteiger partial charge in [0.05, 0.1) is 0 Å². The van der Waals surface area contributed by atoms with E-state index in [9.17, 15) is 20.4 Å². The summed E-state index contributed by atoms with van der Waals surface area (Å²) >= 11 is 0. The molecule has 0 aliphatic carbocycles. The standard InChI is InChI=1S/C19H24O4/c1-11(2)19(12(3)4,13-5-7-15(20)17(22)9-13)14-6-8-16(21)18(23)10-14/h5-12,20-23H,1-4H3. The summed E-state index contributed by atoms with van der Waals surface area (Å²) in [6.45, 7) is 8.31. The molecule has 0 radical (unpaired) electrons. The van der Waals surface area contributed by atoms with E-state index < -0.39 is 5.41 Å². The zero-order valence-corrected chi connectivity index (χ0v) is 13.9. The minimum Gasteiger partial charge on any atom is -0.504 e. The van der Waals surface area contributed by atoms with Crippen molar-refractivity contribution in [2.75, 3.05) is 0 Å². The molecular formula is C19H24O4. The molecule has 4 heteroatoms. The highest BCUT2D eigenvalue weighted by Crippen LogP contribution is 2.48. The number of benzene rings is 2. The van der Waals surface area contributed by atoms with Crippen molar-refractivity contribution in [1.29, 1.82) is 0 Å². The van der Waals surface area contributed by atoms with Gasteiger partial charge < -0.3 is 20.4 Å². The quantitative estimate of drug-likeness (QED) is 0.640. The maximum absolute atomic E-state index is 9.93. The molecule has 2 rings (SSSR count). The molecule has 4 N–H and O–H groups in total. The number of hydrogen-bond donors (Lipinski definition) is 4. The number of rotatable bonds is 4. The Morgan fingerprint density at radius 2 is 0.957 bits per heavy atom. The average Bonchev–Trinajstić information content (AvgIpc) is 2.46. The molecule has 0 atom stereocenters. The fourth-order valence-electron chi connectivity index (χ4n) is 3.73. The second-order valence-corrected chi connectivity index (χ2v) is 6.59. The van der Waals surface area contributed by atoms with E-state index >= 15 is 0 Å². The van der Waals surface area contributed by atoms with Crippen molar-refractivity contribution in [1.82, 2.24) is 0 Å². The highest BCUT2D eigenvalue weighted by atomic mass is 16.3. The fraction of sp³-hybridized carbons (Fsp3) is 0.368. The van der Waals surface area contributed by atoms with Crippen LogP contribution >= 0.6 is 0 Å². The Bertz CT molecular complexity index is 643. The lowest BCUT2D eigenvalue weighted by Gasteiger charge is -2.43. The molecule has 0 amide bonds. The minimum atomic E-state index is -0.490. The zero-order valence-electron chi connectivity index (χ0n) is 13.9. The van der Waals surface area contributed by atoms with E-state index in [-0.39, 0.29) is 34.8 Å². The zero-order chi connectivity index (χ0) is 17.4. The van der Waals surface area contributed by atoms with Crippen LogP contribution in [0.25, 0.3) is 0 Å². The Kier molecular flexibility index (Phi) is 4.46. The predicted molar refractivity (Wildman–Crippen MR) is 90.0 cm³/mol. The van der Waals surface area contributed by atoms with Crippen molar-refractivity contribution in [3.8, 4) is 23.0 Å². The normalized spacial score (nSPS) is 12.1. The topological polar surface area (TPSA) is 80.9 Å². The van der Waals surface area contributed by atoms with E-state index in [1.54, 1.807) is 24.3 Å².